The molecule has 58 valence electrons. The van der Waals surface area contributed by atoms with Gasteiger partial charge in [-0.05, 0) is 43.4 Å². The van der Waals surface area contributed by atoms with Gasteiger partial charge < -0.3 is 0 Å². The molecule has 0 atom stereocenters. The Morgan fingerprint density at radius 3 is 2.40 bits per heavy atom. The molecule has 0 aromatic heterocycles. The molecule has 1 heteroatoms. The molecule has 1 spiro atoms. The summed E-state index contributed by atoms with van der Waals surface area (Å²) < 4.78 is 0. The van der Waals surface area contributed by atoms with Crippen LogP contribution in [-0.2, 0) is 0 Å². The van der Waals surface area contributed by atoms with Crippen LogP contribution in [0.15, 0.2) is 0 Å². The number of rotatable bonds is 2. The molecular weight excluding hydrogens is 144 g/mol. The second-order valence-electron chi connectivity index (χ2n) is 4.11. The van der Waals surface area contributed by atoms with Gasteiger partial charge in [0.15, 0.2) is 0 Å². The minimum atomic E-state index is 0.858. The minimum Gasteiger partial charge on any atom is -0.127 e. The van der Waals surface area contributed by atoms with Gasteiger partial charge in [0.05, 0.1) is 0 Å². The van der Waals surface area contributed by atoms with E-state index in [9.17, 15) is 0 Å². The molecule has 2 aliphatic carbocycles. The fourth-order valence-corrected chi connectivity index (χ4v) is 2.92. The largest absolute Gasteiger partial charge is 0.127 e. The predicted octanol–water partition coefficient (Wildman–Crippen LogP) is 3.20. The normalized spacial score (nSPS) is 29.7. The Morgan fingerprint density at radius 1 is 1.30 bits per heavy atom. The maximum Gasteiger partial charge on any atom is 0.0226 e. The lowest BCUT2D eigenvalue weighted by Gasteiger charge is -2.54. The van der Waals surface area contributed by atoms with Gasteiger partial charge in [-0.1, -0.05) is 6.42 Å². The molecule has 2 fully saturated rings. The van der Waals surface area contributed by atoms with Crippen molar-refractivity contribution in [1.82, 2.24) is 0 Å². The van der Waals surface area contributed by atoms with E-state index in [2.05, 4.69) is 0 Å². The first-order valence-electron chi connectivity index (χ1n) is 4.41. The predicted molar refractivity (Wildman–Crippen MR) is 44.3 cm³/mol. The summed E-state index contributed by atoms with van der Waals surface area (Å²) in [6.45, 7) is 0. The Labute approximate surface area is 68.0 Å². The molecule has 0 N–H and O–H groups in total. The molecule has 2 rings (SSSR count). The third kappa shape index (κ3) is 0.972. The molecule has 0 radical (unpaired) electrons. The summed E-state index contributed by atoms with van der Waals surface area (Å²) >= 11 is 5.66. The van der Waals surface area contributed by atoms with E-state index in [0.29, 0.717) is 0 Å². The second-order valence-corrected chi connectivity index (χ2v) is 4.48. The highest BCUT2D eigenvalue weighted by molar-refractivity contribution is 6.17. The van der Waals surface area contributed by atoms with Crippen LogP contribution in [-0.4, -0.2) is 5.88 Å². The van der Waals surface area contributed by atoms with E-state index >= 15 is 0 Å². The summed E-state index contributed by atoms with van der Waals surface area (Å²) in [6, 6.07) is 0. The summed E-state index contributed by atoms with van der Waals surface area (Å²) in [5.74, 6) is 1.87. The van der Waals surface area contributed by atoms with E-state index in [1.165, 1.54) is 38.5 Å². The average molecular weight is 159 g/mol. The van der Waals surface area contributed by atoms with Gasteiger partial charge in [-0.3, -0.25) is 0 Å². The second kappa shape index (κ2) is 2.41. The zero-order chi connectivity index (χ0) is 7.03. The number of hydrogen-bond acceptors (Lipinski definition) is 0. The Balaban J connectivity index is 1.72. The van der Waals surface area contributed by atoms with E-state index < -0.39 is 0 Å². The Kier molecular flexibility index (Phi) is 1.68. The SMILES string of the molecule is ClCCC1CC2(CCC2)C1. The van der Waals surface area contributed by atoms with Gasteiger partial charge in [0.25, 0.3) is 0 Å². The van der Waals surface area contributed by atoms with Gasteiger partial charge >= 0.3 is 0 Å². The molecule has 0 unspecified atom stereocenters. The van der Waals surface area contributed by atoms with Crippen LogP contribution in [0.2, 0.25) is 0 Å². The van der Waals surface area contributed by atoms with Crippen LogP contribution in [0.1, 0.15) is 38.5 Å². The van der Waals surface area contributed by atoms with Crippen molar-refractivity contribution in [1.29, 1.82) is 0 Å². The summed E-state index contributed by atoms with van der Waals surface area (Å²) in [5, 5.41) is 0. The third-order valence-corrected chi connectivity index (χ3v) is 3.59. The van der Waals surface area contributed by atoms with E-state index in [0.717, 1.165) is 17.2 Å². The van der Waals surface area contributed by atoms with Crippen LogP contribution >= 0.6 is 11.6 Å². The van der Waals surface area contributed by atoms with Gasteiger partial charge in [-0.15, -0.1) is 11.6 Å². The van der Waals surface area contributed by atoms with Crippen LogP contribution in [0.5, 0.6) is 0 Å². The fourth-order valence-electron chi connectivity index (χ4n) is 2.61. The van der Waals surface area contributed by atoms with Crippen molar-refractivity contribution in [3.05, 3.63) is 0 Å². The summed E-state index contributed by atoms with van der Waals surface area (Å²) in [6.07, 6.45) is 8.80. The average Bonchev–Trinajstić information content (AvgIpc) is 1.72. The molecule has 0 nitrogen and oxygen atoms in total. The zero-order valence-corrected chi connectivity index (χ0v) is 7.16. The van der Waals surface area contributed by atoms with Crippen molar-refractivity contribution in [3.63, 3.8) is 0 Å². The van der Waals surface area contributed by atoms with Crippen LogP contribution in [0.4, 0.5) is 0 Å². The van der Waals surface area contributed by atoms with Crippen molar-refractivity contribution >= 4 is 11.6 Å². The van der Waals surface area contributed by atoms with E-state index in [1.807, 2.05) is 0 Å². The molecule has 0 saturated heterocycles. The lowest BCUT2D eigenvalue weighted by Crippen LogP contribution is -2.42. The van der Waals surface area contributed by atoms with E-state index in [4.69, 9.17) is 11.6 Å². The molecule has 10 heavy (non-hydrogen) atoms. The lowest BCUT2D eigenvalue weighted by molar-refractivity contribution is -0.0252. The summed E-state index contributed by atoms with van der Waals surface area (Å²) in [7, 11) is 0. The maximum absolute atomic E-state index is 5.66. The molecule has 0 amide bonds. The van der Waals surface area contributed by atoms with Gasteiger partial charge in [-0.25, -0.2) is 0 Å². The van der Waals surface area contributed by atoms with Gasteiger partial charge in [0.1, 0.15) is 0 Å². The van der Waals surface area contributed by atoms with Gasteiger partial charge in [-0.2, -0.15) is 0 Å². The minimum absolute atomic E-state index is 0.858. The summed E-state index contributed by atoms with van der Waals surface area (Å²) in [5.41, 5.74) is 0.858. The van der Waals surface area contributed by atoms with Crippen molar-refractivity contribution in [3.8, 4) is 0 Å². The van der Waals surface area contributed by atoms with Crippen LogP contribution in [0.3, 0.4) is 0 Å². The molecule has 2 aliphatic rings. The fraction of sp³-hybridized carbons (Fsp3) is 1.00. The lowest BCUT2D eigenvalue weighted by atomic mass is 9.51. The highest BCUT2D eigenvalue weighted by Gasteiger charge is 2.47. The Bertz CT molecular complexity index is 119. The highest BCUT2D eigenvalue weighted by Crippen LogP contribution is 2.59. The van der Waals surface area contributed by atoms with Crippen molar-refractivity contribution in [2.45, 2.75) is 38.5 Å². The van der Waals surface area contributed by atoms with Crippen molar-refractivity contribution < 1.29 is 0 Å². The van der Waals surface area contributed by atoms with Crippen LogP contribution < -0.4 is 0 Å². The molecule has 0 aromatic carbocycles. The molecule has 0 bridgehead atoms. The topological polar surface area (TPSA) is 0 Å². The smallest absolute Gasteiger partial charge is 0.0226 e. The monoisotopic (exact) mass is 158 g/mol. The first-order chi connectivity index (χ1) is 4.85. The third-order valence-electron chi connectivity index (χ3n) is 3.37. The van der Waals surface area contributed by atoms with Crippen molar-refractivity contribution in [2.24, 2.45) is 11.3 Å². The van der Waals surface area contributed by atoms with Crippen LogP contribution in [0, 0.1) is 11.3 Å². The molecule has 0 aliphatic heterocycles. The standard InChI is InChI=1S/C9H15Cl/c10-5-2-8-6-9(7-8)3-1-4-9/h8H,1-7H2. The van der Waals surface area contributed by atoms with E-state index in [-0.39, 0.29) is 0 Å². The van der Waals surface area contributed by atoms with E-state index in [1.54, 1.807) is 0 Å². The number of halogens is 1. The Hall–Kier alpha value is 0.290. The highest BCUT2D eigenvalue weighted by atomic mass is 35.5. The first kappa shape index (κ1) is 6.97. The molecule has 2 saturated carbocycles. The van der Waals surface area contributed by atoms with Crippen LogP contribution in [0.25, 0.3) is 0 Å². The van der Waals surface area contributed by atoms with Gasteiger partial charge in [0.2, 0.25) is 0 Å². The number of alkyl halides is 1. The molecular formula is C9H15Cl. The van der Waals surface area contributed by atoms with Crippen molar-refractivity contribution in [2.75, 3.05) is 5.88 Å². The maximum atomic E-state index is 5.66. The number of hydrogen-bond donors (Lipinski definition) is 0. The van der Waals surface area contributed by atoms with Gasteiger partial charge in [0, 0.05) is 5.88 Å². The Morgan fingerprint density at radius 2 is 2.00 bits per heavy atom. The zero-order valence-electron chi connectivity index (χ0n) is 6.41. The molecule has 0 aromatic rings. The molecule has 0 heterocycles. The summed E-state index contributed by atoms with van der Waals surface area (Å²) in [4.78, 5) is 0. The first-order valence-corrected chi connectivity index (χ1v) is 4.94. The quantitative estimate of drug-likeness (QED) is 0.542.